The summed E-state index contributed by atoms with van der Waals surface area (Å²) in [5.74, 6) is 0.495. The Kier molecular flexibility index (Phi) is 4.65. The molecule has 2 bridgehead atoms. The quantitative estimate of drug-likeness (QED) is 0.754. The topological polar surface area (TPSA) is 79.5 Å². The number of rotatable bonds is 5. The lowest BCUT2D eigenvalue weighted by molar-refractivity contribution is -0.114. The minimum absolute atomic E-state index is 0.0417. The lowest BCUT2D eigenvalue weighted by Gasteiger charge is -2.21. The molecular formula is C19H21N3O3S. The van der Waals surface area contributed by atoms with E-state index in [2.05, 4.69) is 16.0 Å². The molecule has 2 aliphatic rings. The van der Waals surface area contributed by atoms with Crippen LogP contribution >= 0.6 is 11.3 Å². The minimum Gasteiger partial charge on any atom is -0.447 e. The van der Waals surface area contributed by atoms with Crippen LogP contribution in [0.5, 0.6) is 10.8 Å². The minimum atomic E-state index is -0.115. The van der Waals surface area contributed by atoms with Crippen molar-refractivity contribution >= 4 is 28.8 Å². The van der Waals surface area contributed by atoms with Crippen LogP contribution < -0.4 is 20.7 Å². The number of ether oxygens (including phenoxy) is 1. The number of thiophene rings is 1. The number of carbonyl (C=O) groups excluding carboxylic acids is 2. The number of fused-ring (bicyclic) bond motifs is 2. The van der Waals surface area contributed by atoms with Gasteiger partial charge in [0.25, 0.3) is 5.91 Å². The smallest absolute Gasteiger partial charge is 0.251 e. The molecule has 0 aliphatic carbocycles. The number of benzene rings is 1. The normalized spacial score (nSPS) is 23.7. The maximum atomic E-state index is 12.4. The first-order valence-electron chi connectivity index (χ1n) is 8.78. The molecular weight excluding hydrogens is 350 g/mol. The predicted molar refractivity (Wildman–Crippen MR) is 101 cm³/mol. The summed E-state index contributed by atoms with van der Waals surface area (Å²) in [6.45, 7) is 1.47. The van der Waals surface area contributed by atoms with E-state index in [0.717, 1.165) is 12.8 Å². The standard InChI is InChI=1S/C19H21N3O3S/c1-11(23)20-14-9-18(26-10-14)25-15-5-2-12(3-6-15)19(24)22-17-8-13-4-7-16(17)21-13/h2-3,5-6,9-10,13,16-17,21H,4,7-8H2,1H3,(H,20,23)(H,22,24). The third-order valence-corrected chi connectivity index (χ3v) is 5.65. The highest BCUT2D eigenvalue weighted by atomic mass is 32.1. The average Bonchev–Trinajstić information content (AvgIpc) is 3.32. The second-order valence-corrected chi connectivity index (χ2v) is 7.70. The molecule has 3 N–H and O–H groups in total. The van der Waals surface area contributed by atoms with Crippen LogP contribution in [-0.2, 0) is 4.79 Å². The lowest BCUT2D eigenvalue weighted by atomic mass is 9.95. The molecule has 3 heterocycles. The molecule has 2 saturated heterocycles. The van der Waals surface area contributed by atoms with E-state index in [1.807, 2.05) is 5.38 Å². The second kappa shape index (κ2) is 7.09. The van der Waals surface area contributed by atoms with Gasteiger partial charge in [0.05, 0.1) is 5.69 Å². The molecule has 26 heavy (non-hydrogen) atoms. The van der Waals surface area contributed by atoms with E-state index in [9.17, 15) is 9.59 Å². The van der Waals surface area contributed by atoms with Crippen LogP contribution in [0, 0.1) is 0 Å². The summed E-state index contributed by atoms with van der Waals surface area (Å²) in [6.07, 6.45) is 3.38. The van der Waals surface area contributed by atoms with E-state index < -0.39 is 0 Å². The van der Waals surface area contributed by atoms with E-state index in [1.54, 1.807) is 30.3 Å². The van der Waals surface area contributed by atoms with Crippen molar-refractivity contribution in [1.82, 2.24) is 10.6 Å². The highest BCUT2D eigenvalue weighted by molar-refractivity contribution is 7.12. The maximum absolute atomic E-state index is 12.4. The van der Waals surface area contributed by atoms with Crippen LogP contribution in [0.3, 0.4) is 0 Å². The first-order valence-corrected chi connectivity index (χ1v) is 9.66. The summed E-state index contributed by atoms with van der Waals surface area (Å²) in [5, 5.41) is 11.9. The molecule has 2 aromatic rings. The zero-order valence-electron chi connectivity index (χ0n) is 14.5. The summed E-state index contributed by atoms with van der Waals surface area (Å²) in [7, 11) is 0. The van der Waals surface area contributed by atoms with Gasteiger partial charge in [-0.05, 0) is 43.5 Å². The highest BCUT2D eigenvalue weighted by Gasteiger charge is 2.39. The van der Waals surface area contributed by atoms with E-state index in [-0.39, 0.29) is 17.9 Å². The molecule has 136 valence electrons. The largest absolute Gasteiger partial charge is 0.447 e. The Balaban J connectivity index is 1.35. The molecule has 2 aliphatic heterocycles. The van der Waals surface area contributed by atoms with Crippen molar-refractivity contribution in [3.8, 4) is 10.8 Å². The molecule has 3 atom stereocenters. The summed E-state index contributed by atoms with van der Waals surface area (Å²) in [6, 6.07) is 10.1. The molecule has 0 radical (unpaired) electrons. The van der Waals surface area contributed by atoms with Crippen LogP contribution in [0.2, 0.25) is 0 Å². The molecule has 3 unspecified atom stereocenters. The van der Waals surface area contributed by atoms with Crippen LogP contribution in [0.25, 0.3) is 0 Å². The van der Waals surface area contributed by atoms with Gasteiger partial charge >= 0.3 is 0 Å². The van der Waals surface area contributed by atoms with Gasteiger partial charge in [-0.15, -0.1) is 11.3 Å². The molecule has 0 spiro atoms. The number of amides is 2. The van der Waals surface area contributed by atoms with Gasteiger partial charge in [-0.1, -0.05) is 0 Å². The SMILES string of the molecule is CC(=O)Nc1csc(Oc2ccc(C(=O)NC3CC4CCC3N4)cc2)c1. The van der Waals surface area contributed by atoms with Crippen molar-refractivity contribution < 1.29 is 14.3 Å². The Morgan fingerprint density at radius 3 is 2.69 bits per heavy atom. The van der Waals surface area contributed by atoms with Gasteiger partial charge in [0.2, 0.25) is 5.91 Å². The Bertz CT molecular complexity index is 818. The maximum Gasteiger partial charge on any atom is 0.251 e. The Morgan fingerprint density at radius 2 is 2.04 bits per heavy atom. The van der Waals surface area contributed by atoms with Gasteiger partial charge < -0.3 is 20.7 Å². The van der Waals surface area contributed by atoms with Crippen molar-refractivity contribution in [2.24, 2.45) is 0 Å². The van der Waals surface area contributed by atoms with Gasteiger partial charge in [-0.2, -0.15) is 0 Å². The van der Waals surface area contributed by atoms with E-state index >= 15 is 0 Å². The molecule has 1 aromatic carbocycles. The fourth-order valence-corrected chi connectivity index (χ4v) is 4.37. The van der Waals surface area contributed by atoms with Crippen molar-refractivity contribution in [2.75, 3.05) is 5.32 Å². The van der Waals surface area contributed by atoms with Gasteiger partial charge in [-0.3, -0.25) is 9.59 Å². The van der Waals surface area contributed by atoms with Crippen LogP contribution in [0.15, 0.2) is 35.7 Å². The third-order valence-electron chi connectivity index (χ3n) is 4.85. The number of nitrogens with one attached hydrogen (secondary N) is 3. The fourth-order valence-electron chi connectivity index (χ4n) is 3.66. The molecule has 7 heteroatoms. The molecule has 0 saturated carbocycles. The summed E-state index contributed by atoms with van der Waals surface area (Å²) < 4.78 is 5.77. The molecule has 4 rings (SSSR count). The average molecular weight is 371 g/mol. The third kappa shape index (κ3) is 3.73. The zero-order valence-corrected chi connectivity index (χ0v) is 15.3. The van der Waals surface area contributed by atoms with Gasteiger partial charge in [0.1, 0.15) is 5.75 Å². The first-order chi connectivity index (χ1) is 12.6. The number of hydrogen-bond acceptors (Lipinski definition) is 5. The molecule has 6 nitrogen and oxygen atoms in total. The van der Waals surface area contributed by atoms with Crippen LogP contribution in [0.1, 0.15) is 36.5 Å². The van der Waals surface area contributed by atoms with Crippen molar-refractivity contribution in [2.45, 2.75) is 44.3 Å². The Morgan fingerprint density at radius 1 is 1.23 bits per heavy atom. The van der Waals surface area contributed by atoms with Crippen molar-refractivity contribution in [3.63, 3.8) is 0 Å². The monoisotopic (exact) mass is 371 g/mol. The molecule has 1 aromatic heterocycles. The number of carbonyl (C=O) groups is 2. The lowest BCUT2D eigenvalue weighted by Crippen LogP contribution is -2.42. The van der Waals surface area contributed by atoms with Gasteiger partial charge in [0, 0.05) is 42.1 Å². The summed E-state index contributed by atoms with van der Waals surface area (Å²) in [5.41, 5.74) is 1.35. The van der Waals surface area contributed by atoms with E-state index in [1.165, 1.54) is 24.7 Å². The molecule has 2 fully saturated rings. The van der Waals surface area contributed by atoms with Crippen molar-refractivity contribution in [3.05, 3.63) is 41.3 Å². The number of hydrogen-bond donors (Lipinski definition) is 3. The first kappa shape index (κ1) is 17.1. The van der Waals surface area contributed by atoms with E-state index in [4.69, 9.17) is 4.74 Å². The van der Waals surface area contributed by atoms with Gasteiger partial charge in [0.15, 0.2) is 5.06 Å². The van der Waals surface area contributed by atoms with Crippen molar-refractivity contribution in [1.29, 1.82) is 0 Å². The Labute approximate surface area is 155 Å². The fraction of sp³-hybridized carbons (Fsp3) is 0.368. The van der Waals surface area contributed by atoms with Crippen LogP contribution in [0.4, 0.5) is 5.69 Å². The van der Waals surface area contributed by atoms with Gasteiger partial charge in [-0.25, -0.2) is 0 Å². The summed E-state index contributed by atoms with van der Waals surface area (Å²) >= 11 is 1.40. The zero-order chi connectivity index (χ0) is 18.1. The van der Waals surface area contributed by atoms with E-state index in [0.29, 0.717) is 34.1 Å². The Hall–Kier alpha value is -2.38. The van der Waals surface area contributed by atoms with Crippen LogP contribution in [-0.4, -0.2) is 29.9 Å². The molecule has 2 amide bonds. The second-order valence-electron chi connectivity index (χ2n) is 6.83. The predicted octanol–water partition coefficient (Wildman–Crippen LogP) is 3.12. The highest BCUT2D eigenvalue weighted by Crippen LogP contribution is 2.31. The number of anilines is 1. The summed E-state index contributed by atoms with van der Waals surface area (Å²) in [4.78, 5) is 23.5.